The Kier molecular flexibility index (Phi) is 32.2. The molecule has 272 valence electrons. The summed E-state index contributed by atoms with van der Waals surface area (Å²) >= 11 is 0. The lowest BCUT2D eigenvalue weighted by Gasteiger charge is -2.15. The van der Waals surface area contributed by atoms with Gasteiger partial charge in [0, 0.05) is 44.4 Å². The maximum atomic E-state index is 11.2. The minimum absolute atomic E-state index is 0. The first kappa shape index (κ1) is 46.9. The van der Waals surface area contributed by atoms with Gasteiger partial charge in [-0.2, -0.15) is 0 Å². The van der Waals surface area contributed by atoms with E-state index in [1.807, 2.05) is 0 Å². The second kappa shape index (κ2) is 32.3. The van der Waals surface area contributed by atoms with E-state index >= 15 is 0 Å². The van der Waals surface area contributed by atoms with Crippen molar-refractivity contribution in [2.45, 2.75) is 194 Å². The monoisotopic (exact) mass is 662 g/mol. The standard InChI is InChI=1S/C10H18O2.2C10H16O.C5H8O.C5H10O.H2O/c1-2-3-6-9(11)8-5-4-7-10(8)12;2*1-2-3-4-6-9-7-5-8-10(9)11;6-5-3-1-2-4-5;1-2-3-4-5-6;/h8-9,11H,2-7H2,1H3;7H,2-6,8H2,1H3;6H,2-5,7-8H2,1H3;1-4H2;5H,2-4H2,1H3;1H2/p-1/b;;9-6+;;;. The molecule has 0 aromatic carbocycles. The molecule has 4 aliphatic rings. The maximum absolute atomic E-state index is 11.2. The summed E-state index contributed by atoms with van der Waals surface area (Å²) in [5.74, 6) is 1.48. The molecule has 2 unspecified atom stereocenters. The Labute approximate surface area is 287 Å². The Morgan fingerprint density at radius 2 is 1.36 bits per heavy atom. The summed E-state index contributed by atoms with van der Waals surface area (Å²) in [5, 5.41) is 9.63. The summed E-state index contributed by atoms with van der Waals surface area (Å²) < 4.78 is 0. The van der Waals surface area contributed by atoms with Gasteiger partial charge in [-0.15, -0.1) is 0 Å². The van der Waals surface area contributed by atoms with Gasteiger partial charge in [-0.05, 0) is 88.2 Å². The highest BCUT2D eigenvalue weighted by atomic mass is 16.3. The van der Waals surface area contributed by atoms with Gasteiger partial charge in [0.05, 0.1) is 6.10 Å². The molecule has 3 fully saturated rings. The molecule has 0 aromatic rings. The molecule has 47 heavy (non-hydrogen) atoms. The molecule has 3 saturated carbocycles. The summed E-state index contributed by atoms with van der Waals surface area (Å²) in [6, 6.07) is 0. The molecular formula is C40H69O7-. The van der Waals surface area contributed by atoms with E-state index in [-0.39, 0.29) is 23.3 Å². The van der Waals surface area contributed by atoms with Gasteiger partial charge in [-0.1, -0.05) is 84.8 Å². The highest BCUT2D eigenvalue weighted by molar-refractivity contribution is 5.97. The van der Waals surface area contributed by atoms with Gasteiger partial charge in [0.2, 0.25) is 0 Å². The molecule has 0 radical (unpaired) electrons. The number of ketones is 4. The minimum atomic E-state index is -0.361. The van der Waals surface area contributed by atoms with E-state index in [9.17, 15) is 29.1 Å². The number of hydrogen-bond acceptors (Lipinski definition) is 7. The number of aliphatic hydroxyl groups is 1. The molecule has 0 aliphatic heterocycles. The number of carbonyl (C=O) groups excluding carboxylic acids is 5. The van der Waals surface area contributed by atoms with E-state index < -0.39 is 0 Å². The van der Waals surface area contributed by atoms with Crippen LogP contribution in [0.5, 0.6) is 0 Å². The lowest BCUT2D eigenvalue weighted by atomic mass is 9.96. The topological polar surface area (TPSA) is 136 Å². The van der Waals surface area contributed by atoms with Crippen molar-refractivity contribution < 1.29 is 34.6 Å². The number of rotatable bonds is 14. The predicted octanol–water partition coefficient (Wildman–Crippen LogP) is 9.95. The van der Waals surface area contributed by atoms with E-state index in [4.69, 9.17) is 0 Å². The van der Waals surface area contributed by atoms with Crippen LogP contribution in [-0.2, 0) is 24.0 Å². The van der Waals surface area contributed by atoms with Gasteiger partial charge in [0.25, 0.3) is 0 Å². The van der Waals surface area contributed by atoms with Crippen LogP contribution in [0.1, 0.15) is 188 Å². The minimum Gasteiger partial charge on any atom is -0.870 e. The van der Waals surface area contributed by atoms with Gasteiger partial charge in [-0.3, -0.25) is 19.2 Å². The molecule has 7 nitrogen and oxygen atoms in total. The fourth-order valence-electron chi connectivity index (χ4n) is 5.82. The first-order chi connectivity index (χ1) is 22.2. The fourth-order valence-corrected chi connectivity index (χ4v) is 5.82. The van der Waals surface area contributed by atoms with E-state index in [0.29, 0.717) is 23.8 Å². The summed E-state index contributed by atoms with van der Waals surface area (Å²) in [6.07, 6.45) is 30.1. The van der Waals surface area contributed by atoms with Gasteiger partial charge in [-0.25, -0.2) is 0 Å². The van der Waals surface area contributed by atoms with Crippen molar-refractivity contribution in [1.29, 1.82) is 0 Å². The van der Waals surface area contributed by atoms with Gasteiger partial charge in [0.15, 0.2) is 11.6 Å². The first-order valence-corrected chi connectivity index (χ1v) is 18.9. The Morgan fingerprint density at radius 3 is 1.79 bits per heavy atom. The van der Waals surface area contributed by atoms with E-state index in [1.165, 1.54) is 32.1 Å². The number of hydrogen-bond donors (Lipinski definition) is 1. The normalized spacial score (nSPS) is 19.6. The lowest BCUT2D eigenvalue weighted by Crippen LogP contribution is -2.23. The van der Waals surface area contributed by atoms with Crippen LogP contribution in [0, 0.1) is 5.92 Å². The number of carbonyl (C=O) groups is 5. The van der Waals surface area contributed by atoms with Crippen LogP contribution >= 0.6 is 0 Å². The molecule has 0 amide bonds. The van der Waals surface area contributed by atoms with Crippen LogP contribution in [0.4, 0.5) is 0 Å². The Balaban J connectivity index is 0. The lowest BCUT2D eigenvalue weighted by molar-refractivity contribution is -0.124. The molecule has 0 bridgehead atoms. The van der Waals surface area contributed by atoms with Crippen molar-refractivity contribution in [2.24, 2.45) is 5.92 Å². The zero-order valence-corrected chi connectivity index (χ0v) is 30.5. The second-order valence-corrected chi connectivity index (χ2v) is 13.0. The van der Waals surface area contributed by atoms with Crippen LogP contribution in [0.2, 0.25) is 0 Å². The summed E-state index contributed by atoms with van der Waals surface area (Å²) in [7, 11) is 0. The molecule has 2 atom stereocenters. The van der Waals surface area contributed by atoms with Crippen molar-refractivity contribution in [3.05, 3.63) is 23.3 Å². The number of allylic oxidation sites excluding steroid dienone is 4. The van der Waals surface area contributed by atoms with Gasteiger partial charge in [0.1, 0.15) is 17.9 Å². The Hall–Kier alpha value is -2.25. The highest BCUT2D eigenvalue weighted by Gasteiger charge is 2.30. The number of unbranched alkanes of at least 4 members (excludes halogenated alkanes) is 7. The SMILES string of the molecule is CCCC/C=C1\CCCC1=O.CCCCC(O)C1CCCC1=O.CCCCC=O.CCCCCC1=CCCC1=O.O=C1CCCC1.[OH-]. The third-order valence-electron chi connectivity index (χ3n) is 8.83. The highest BCUT2D eigenvalue weighted by Crippen LogP contribution is 2.26. The molecule has 4 rings (SSSR count). The Morgan fingerprint density at radius 1 is 0.723 bits per heavy atom. The summed E-state index contributed by atoms with van der Waals surface area (Å²) in [4.78, 5) is 53.2. The Bertz CT molecular complexity index is 910. The van der Waals surface area contributed by atoms with E-state index in [1.54, 1.807) is 0 Å². The van der Waals surface area contributed by atoms with Crippen LogP contribution in [0.25, 0.3) is 0 Å². The molecule has 4 aliphatic carbocycles. The third kappa shape index (κ3) is 24.5. The van der Waals surface area contributed by atoms with Crippen molar-refractivity contribution in [3.8, 4) is 0 Å². The number of Topliss-reactive ketones (excluding diaryl/α,β-unsaturated/α-hetero) is 4. The van der Waals surface area contributed by atoms with E-state index in [2.05, 4.69) is 39.8 Å². The molecule has 0 saturated heterocycles. The number of aldehydes is 1. The molecule has 0 spiro atoms. The first-order valence-electron chi connectivity index (χ1n) is 18.9. The number of aliphatic hydroxyl groups excluding tert-OH is 1. The van der Waals surface area contributed by atoms with Crippen molar-refractivity contribution in [3.63, 3.8) is 0 Å². The molecule has 7 heteroatoms. The van der Waals surface area contributed by atoms with Gasteiger partial charge >= 0.3 is 0 Å². The van der Waals surface area contributed by atoms with Crippen LogP contribution < -0.4 is 0 Å². The quantitative estimate of drug-likeness (QED) is 0.111. The molecular weight excluding hydrogens is 592 g/mol. The van der Waals surface area contributed by atoms with Crippen LogP contribution in [-0.4, -0.2) is 46.1 Å². The zero-order chi connectivity index (χ0) is 34.4. The second-order valence-electron chi connectivity index (χ2n) is 13.0. The zero-order valence-electron chi connectivity index (χ0n) is 30.5. The van der Waals surface area contributed by atoms with Crippen LogP contribution in [0.15, 0.2) is 23.3 Å². The largest absolute Gasteiger partial charge is 0.870 e. The molecule has 0 aromatic heterocycles. The summed E-state index contributed by atoms with van der Waals surface area (Å²) in [6.45, 7) is 8.53. The summed E-state index contributed by atoms with van der Waals surface area (Å²) in [5.41, 5.74) is 2.19. The van der Waals surface area contributed by atoms with Gasteiger partial charge < -0.3 is 15.4 Å². The average molecular weight is 662 g/mol. The fraction of sp³-hybridized carbons (Fsp3) is 0.775. The van der Waals surface area contributed by atoms with Crippen molar-refractivity contribution in [2.75, 3.05) is 0 Å². The maximum Gasteiger partial charge on any atom is 0.158 e. The average Bonchev–Trinajstić information content (AvgIpc) is 3.88. The van der Waals surface area contributed by atoms with E-state index in [0.717, 1.165) is 139 Å². The van der Waals surface area contributed by atoms with Crippen molar-refractivity contribution >= 4 is 29.4 Å². The third-order valence-corrected chi connectivity index (χ3v) is 8.83. The predicted molar refractivity (Wildman–Crippen MR) is 192 cm³/mol. The van der Waals surface area contributed by atoms with Crippen LogP contribution in [0.3, 0.4) is 0 Å². The smallest absolute Gasteiger partial charge is 0.158 e. The van der Waals surface area contributed by atoms with Crippen molar-refractivity contribution in [1.82, 2.24) is 0 Å². The molecule has 2 N–H and O–H groups in total. The molecule has 0 heterocycles.